The summed E-state index contributed by atoms with van der Waals surface area (Å²) in [4.78, 5) is 24.5. The van der Waals surface area contributed by atoms with Crippen molar-refractivity contribution in [2.24, 2.45) is 0 Å². The summed E-state index contributed by atoms with van der Waals surface area (Å²) in [7, 11) is 0. The van der Waals surface area contributed by atoms with Crippen LogP contribution in [-0.2, 0) is 14.3 Å². The third-order valence-electron chi connectivity index (χ3n) is 14.9. The van der Waals surface area contributed by atoms with Crippen LogP contribution in [0, 0.1) is 0 Å². The van der Waals surface area contributed by atoms with E-state index in [9.17, 15) is 19.8 Å². The maximum absolute atomic E-state index is 12.4. The summed E-state index contributed by atoms with van der Waals surface area (Å²) in [6.45, 7) is 4.90. The molecule has 0 rings (SSSR count). The van der Waals surface area contributed by atoms with Gasteiger partial charge in [-0.3, -0.25) is 9.59 Å². The number of ether oxygens (including phenoxy) is 1. The van der Waals surface area contributed by atoms with Gasteiger partial charge < -0.3 is 20.3 Å². The lowest BCUT2D eigenvalue weighted by Crippen LogP contribution is -2.45. The van der Waals surface area contributed by atoms with Gasteiger partial charge in [-0.05, 0) is 83.5 Å². The number of carbonyl (C=O) groups excluding carboxylic acids is 2. The van der Waals surface area contributed by atoms with Gasteiger partial charge in [0.15, 0.2) is 0 Å². The second-order valence-corrected chi connectivity index (χ2v) is 22.1. The average Bonchev–Trinajstić information content (AvgIpc) is 3.38. The van der Waals surface area contributed by atoms with Crippen LogP contribution >= 0.6 is 0 Å². The molecule has 0 aromatic rings. The highest BCUT2D eigenvalue weighted by atomic mass is 16.5. The van der Waals surface area contributed by atoms with Crippen LogP contribution in [0.25, 0.3) is 0 Å². The minimum Gasteiger partial charge on any atom is -0.466 e. The average molecular weight is 1010 g/mol. The van der Waals surface area contributed by atoms with Gasteiger partial charge in [-0.1, -0.05) is 288 Å². The molecule has 0 saturated carbocycles. The number of carbonyl (C=O) groups is 2. The molecule has 0 aliphatic carbocycles. The Bertz CT molecular complexity index is 1170. The highest BCUT2D eigenvalue weighted by molar-refractivity contribution is 5.76. The van der Waals surface area contributed by atoms with E-state index in [1.54, 1.807) is 6.08 Å². The van der Waals surface area contributed by atoms with Gasteiger partial charge in [0.2, 0.25) is 5.91 Å². The van der Waals surface area contributed by atoms with E-state index in [4.69, 9.17) is 4.74 Å². The maximum Gasteiger partial charge on any atom is 0.305 e. The maximum atomic E-state index is 12.4. The first-order valence-electron chi connectivity index (χ1n) is 32.3. The summed E-state index contributed by atoms with van der Waals surface area (Å²) in [6, 6.07) is -0.627. The molecule has 424 valence electrons. The molecule has 2 atom stereocenters. The monoisotopic (exact) mass is 1010 g/mol. The topological polar surface area (TPSA) is 95.9 Å². The van der Waals surface area contributed by atoms with Gasteiger partial charge in [0, 0.05) is 12.8 Å². The van der Waals surface area contributed by atoms with E-state index in [0.29, 0.717) is 19.4 Å². The van der Waals surface area contributed by atoms with Gasteiger partial charge in [0.1, 0.15) is 0 Å². The molecule has 0 radical (unpaired) electrons. The molecule has 6 nitrogen and oxygen atoms in total. The summed E-state index contributed by atoms with van der Waals surface area (Å²) >= 11 is 0. The van der Waals surface area contributed by atoms with Crippen molar-refractivity contribution in [1.82, 2.24) is 5.32 Å². The predicted octanol–water partition coefficient (Wildman–Crippen LogP) is 20.4. The first-order valence-corrected chi connectivity index (χ1v) is 32.3. The Labute approximate surface area is 449 Å². The Hall–Kier alpha value is -1.92. The Morgan fingerprint density at radius 2 is 0.653 bits per heavy atom. The SMILES string of the molecule is CCCCCCCC/C=C\CCCCCCCC(=O)OCCCCCCCCCCCCCC/C=C\CCCCCCCCCCCCCCC(=O)NC(CO)C(O)/C=C/CCCCCCCCCCCC. The molecular formula is C66H125NO5. The Morgan fingerprint density at radius 3 is 0.986 bits per heavy atom. The number of aliphatic hydroxyl groups is 2. The highest BCUT2D eigenvalue weighted by Gasteiger charge is 2.18. The minimum absolute atomic E-state index is 0.00753. The van der Waals surface area contributed by atoms with Crippen LogP contribution in [0.4, 0.5) is 0 Å². The van der Waals surface area contributed by atoms with Gasteiger partial charge in [0.05, 0.1) is 25.4 Å². The molecule has 2 unspecified atom stereocenters. The molecular weight excluding hydrogens is 887 g/mol. The van der Waals surface area contributed by atoms with E-state index in [0.717, 1.165) is 44.9 Å². The molecule has 0 saturated heterocycles. The Balaban J connectivity index is 3.38. The second kappa shape index (κ2) is 61.6. The van der Waals surface area contributed by atoms with E-state index >= 15 is 0 Å². The molecule has 0 aliphatic rings. The molecule has 0 aliphatic heterocycles. The molecule has 0 aromatic heterocycles. The van der Waals surface area contributed by atoms with Gasteiger partial charge in [-0.25, -0.2) is 0 Å². The summed E-state index contributed by atoms with van der Waals surface area (Å²) in [5, 5.41) is 23.1. The molecule has 0 spiro atoms. The van der Waals surface area contributed by atoms with Gasteiger partial charge >= 0.3 is 5.97 Å². The van der Waals surface area contributed by atoms with Crippen LogP contribution in [0.1, 0.15) is 348 Å². The lowest BCUT2D eigenvalue weighted by Gasteiger charge is -2.20. The first-order chi connectivity index (χ1) is 35.5. The van der Waals surface area contributed by atoms with Crippen molar-refractivity contribution in [1.29, 1.82) is 0 Å². The van der Waals surface area contributed by atoms with E-state index in [2.05, 4.69) is 43.5 Å². The molecule has 0 fully saturated rings. The number of amides is 1. The number of nitrogens with one attached hydrogen (secondary N) is 1. The van der Waals surface area contributed by atoms with Gasteiger partial charge in [-0.15, -0.1) is 0 Å². The molecule has 1 amide bonds. The van der Waals surface area contributed by atoms with Crippen LogP contribution in [0.3, 0.4) is 0 Å². The van der Waals surface area contributed by atoms with Gasteiger partial charge in [0.25, 0.3) is 0 Å². The van der Waals surface area contributed by atoms with Crippen LogP contribution < -0.4 is 5.32 Å². The molecule has 6 heteroatoms. The Kier molecular flexibility index (Phi) is 60.0. The fourth-order valence-corrected chi connectivity index (χ4v) is 9.92. The fourth-order valence-electron chi connectivity index (χ4n) is 9.92. The summed E-state index contributed by atoms with van der Waals surface area (Å²) in [5.41, 5.74) is 0. The highest BCUT2D eigenvalue weighted by Crippen LogP contribution is 2.17. The third kappa shape index (κ3) is 57.4. The normalized spacial score (nSPS) is 12.8. The van der Waals surface area contributed by atoms with Crippen LogP contribution in [0.5, 0.6) is 0 Å². The van der Waals surface area contributed by atoms with Crippen LogP contribution in [-0.4, -0.2) is 47.4 Å². The second-order valence-electron chi connectivity index (χ2n) is 22.1. The first kappa shape index (κ1) is 70.1. The van der Waals surface area contributed by atoms with Gasteiger partial charge in [-0.2, -0.15) is 0 Å². The molecule has 3 N–H and O–H groups in total. The minimum atomic E-state index is -0.843. The van der Waals surface area contributed by atoms with E-state index in [1.807, 2.05) is 6.08 Å². The number of hydrogen-bond donors (Lipinski definition) is 3. The van der Waals surface area contributed by atoms with Crippen molar-refractivity contribution in [3.8, 4) is 0 Å². The smallest absolute Gasteiger partial charge is 0.305 e. The number of esters is 1. The van der Waals surface area contributed by atoms with Crippen LogP contribution in [0.2, 0.25) is 0 Å². The van der Waals surface area contributed by atoms with Crippen molar-refractivity contribution in [3.63, 3.8) is 0 Å². The van der Waals surface area contributed by atoms with E-state index in [1.165, 1.54) is 276 Å². The standard InChI is InChI=1S/C66H125NO5/c1-3-5-7-9-11-13-15-17-32-36-40-44-48-52-56-60-66(71)72-61-57-53-49-45-41-37-34-31-29-27-25-23-21-19-18-20-22-24-26-28-30-33-35-39-43-47-51-55-59-65(70)67-63(62-68)64(69)58-54-50-46-42-38-16-14-12-10-8-6-4-2/h17-19,32,54,58,63-64,68-69H,3-16,20-31,33-53,55-57,59-62H2,1-2H3,(H,67,70)/b19-18-,32-17-,58-54+. The summed E-state index contributed by atoms with van der Waals surface area (Å²) in [5.74, 6) is -0.0604. The fraction of sp³-hybridized carbons (Fsp3) is 0.879. The summed E-state index contributed by atoms with van der Waals surface area (Å²) < 4.78 is 5.48. The third-order valence-corrected chi connectivity index (χ3v) is 14.9. The summed E-state index contributed by atoms with van der Waals surface area (Å²) in [6.07, 6.45) is 77.7. The zero-order valence-electron chi connectivity index (χ0n) is 48.4. The van der Waals surface area contributed by atoms with Crippen molar-refractivity contribution < 1.29 is 24.5 Å². The van der Waals surface area contributed by atoms with E-state index < -0.39 is 12.1 Å². The molecule has 72 heavy (non-hydrogen) atoms. The van der Waals surface area contributed by atoms with Crippen LogP contribution in [0.15, 0.2) is 36.5 Å². The van der Waals surface area contributed by atoms with Crippen molar-refractivity contribution in [3.05, 3.63) is 36.5 Å². The van der Waals surface area contributed by atoms with Crippen molar-refractivity contribution >= 4 is 11.9 Å². The van der Waals surface area contributed by atoms with E-state index in [-0.39, 0.29) is 18.5 Å². The predicted molar refractivity (Wildman–Crippen MR) is 315 cm³/mol. The number of hydrogen-bond acceptors (Lipinski definition) is 5. The zero-order valence-corrected chi connectivity index (χ0v) is 48.4. The lowest BCUT2D eigenvalue weighted by molar-refractivity contribution is -0.143. The largest absolute Gasteiger partial charge is 0.466 e. The molecule has 0 bridgehead atoms. The van der Waals surface area contributed by atoms with Crippen molar-refractivity contribution in [2.45, 2.75) is 360 Å². The number of rotatable bonds is 60. The Morgan fingerprint density at radius 1 is 0.375 bits per heavy atom. The lowest BCUT2D eigenvalue weighted by atomic mass is 10.0. The number of aliphatic hydroxyl groups excluding tert-OH is 2. The van der Waals surface area contributed by atoms with Crippen molar-refractivity contribution in [2.75, 3.05) is 13.2 Å². The molecule has 0 aromatic carbocycles. The molecule has 0 heterocycles. The zero-order chi connectivity index (χ0) is 52.2. The quantitative estimate of drug-likeness (QED) is 0.0320. The number of unbranched alkanes of at least 4 members (excludes halogenated alkanes) is 45. The number of allylic oxidation sites excluding steroid dienone is 5.